The Labute approximate surface area is 128 Å². The zero-order valence-electron chi connectivity index (χ0n) is 11.7. The van der Waals surface area contributed by atoms with E-state index in [4.69, 9.17) is 10.5 Å². The molecule has 0 fully saturated rings. The number of nitrogens with one attached hydrogen (secondary N) is 1. The molecule has 5 nitrogen and oxygen atoms in total. The third kappa shape index (κ3) is 3.68. The van der Waals surface area contributed by atoms with Crippen LogP contribution in [-0.4, -0.2) is 18.0 Å². The van der Waals surface area contributed by atoms with Crippen molar-refractivity contribution < 1.29 is 27.1 Å². The fourth-order valence-corrected chi connectivity index (χ4v) is 1.77. The number of halogens is 4. The van der Waals surface area contributed by atoms with E-state index < -0.39 is 23.5 Å². The highest BCUT2D eigenvalue weighted by Crippen LogP contribution is 2.33. The van der Waals surface area contributed by atoms with Gasteiger partial charge in [-0.05, 0) is 18.2 Å². The lowest BCUT2D eigenvalue weighted by atomic mass is 10.1. The molecule has 0 aliphatic carbocycles. The first-order valence-corrected chi connectivity index (χ1v) is 6.20. The molecule has 9 heteroatoms. The van der Waals surface area contributed by atoms with Gasteiger partial charge in [0.05, 0.1) is 30.1 Å². The molecule has 0 aliphatic rings. The topological polar surface area (TPSA) is 77.2 Å². The highest BCUT2D eigenvalue weighted by molar-refractivity contribution is 6.07. The van der Waals surface area contributed by atoms with Gasteiger partial charge in [0, 0.05) is 11.8 Å². The Morgan fingerprint density at radius 2 is 2.00 bits per heavy atom. The minimum absolute atomic E-state index is 0.0152. The fraction of sp³-hybridized carbons (Fsp3) is 0.143. The second kappa shape index (κ2) is 6.11. The Morgan fingerprint density at radius 1 is 1.30 bits per heavy atom. The summed E-state index contributed by atoms with van der Waals surface area (Å²) < 4.78 is 56.0. The molecule has 0 unspecified atom stereocenters. The van der Waals surface area contributed by atoms with Gasteiger partial charge in [0.25, 0.3) is 5.91 Å². The molecule has 0 bridgehead atoms. The van der Waals surface area contributed by atoms with Crippen LogP contribution in [-0.2, 0) is 6.18 Å². The van der Waals surface area contributed by atoms with Gasteiger partial charge < -0.3 is 15.8 Å². The molecular formula is C14H11F4N3O2. The number of rotatable bonds is 3. The van der Waals surface area contributed by atoms with Crippen LogP contribution in [0.3, 0.4) is 0 Å². The van der Waals surface area contributed by atoms with E-state index in [1.54, 1.807) is 0 Å². The molecule has 0 saturated carbocycles. The van der Waals surface area contributed by atoms with E-state index in [1.807, 2.05) is 0 Å². The lowest BCUT2D eigenvalue weighted by molar-refractivity contribution is -0.139. The van der Waals surface area contributed by atoms with Crippen LogP contribution in [0.1, 0.15) is 15.9 Å². The quantitative estimate of drug-likeness (QED) is 0.849. The molecule has 1 heterocycles. The van der Waals surface area contributed by atoms with Gasteiger partial charge in [-0.3, -0.25) is 4.79 Å². The number of anilines is 2. The molecule has 2 aromatic rings. The number of pyridine rings is 1. The van der Waals surface area contributed by atoms with Gasteiger partial charge in [-0.15, -0.1) is 0 Å². The molecule has 0 spiro atoms. The van der Waals surface area contributed by atoms with E-state index in [2.05, 4.69) is 10.3 Å². The summed E-state index contributed by atoms with van der Waals surface area (Å²) in [6, 6.07) is 3.37. The fourth-order valence-electron chi connectivity index (χ4n) is 1.77. The standard InChI is InChI=1S/C14H11F4N3O2/c1-23-12-5-8(11(19)6-20-12)13(22)21-7-2-3-10(15)9(4-7)14(16,17)18/h2-6H,19H2,1H3,(H,21,22). The van der Waals surface area contributed by atoms with Gasteiger partial charge in [-0.2, -0.15) is 13.2 Å². The minimum atomic E-state index is -4.87. The summed E-state index contributed by atoms with van der Waals surface area (Å²) in [6.45, 7) is 0. The highest BCUT2D eigenvalue weighted by Gasteiger charge is 2.34. The van der Waals surface area contributed by atoms with Crippen LogP contribution in [0.2, 0.25) is 0 Å². The van der Waals surface area contributed by atoms with E-state index in [9.17, 15) is 22.4 Å². The number of methoxy groups -OCH3 is 1. The third-order valence-corrected chi connectivity index (χ3v) is 2.89. The van der Waals surface area contributed by atoms with Gasteiger partial charge in [-0.25, -0.2) is 9.37 Å². The number of ether oxygens (including phenoxy) is 1. The van der Waals surface area contributed by atoms with Crippen molar-refractivity contribution in [3.05, 3.63) is 47.4 Å². The van der Waals surface area contributed by atoms with Crippen LogP contribution in [0.15, 0.2) is 30.5 Å². The molecule has 0 radical (unpaired) electrons. The molecule has 122 valence electrons. The molecule has 1 aromatic carbocycles. The number of alkyl halides is 3. The second-order valence-corrected chi connectivity index (χ2v) is 4.46. The number of nitrogens with two attached hydrogens (primary N) is 1. The monoisotopic (exact) mass is 329 g/mol. The van der Waals surface area contributed by atoms with E-state index >= 15 is 0 Å². The SMILES string of the molecule is COc1cc(C(=O)Nc2ccc(F)c(C(F)(F)F)c2)c(N)cn1. The van der Waals surface area contributed by atoms with E-state index in [1.165, 1.54) is 19.4 Å². The second-order valence-electron chi connectivity index (χ2n) is 4.46. The number of aromatic nitrogens is 1. The number of amides is 1. The maximum atomic E-state index is 13.2. The number of carbonyl (C=O) groups excluding carboxylic acids is 1. The number of carbonyl (C=O) groups is 1. The summed E-state index contributed by atoms with van der Waals surface area (Å²) >= 11 is 0. The van der Waals surface area contributed by atoms with Crippen molar-refractivity contribution in [3.8, 4) is 5.88 Å². The Kier molecular flexibility index (Phi) is 4.39. The van der Waals surface area contributed by atoms with E-state index in [0.717, 1.165) is 6.07 Å². The zero-order chi connectivity index (χ0) is 17.2. The Hall–Kier alpha value is -2.84. The Balaban J connectivity index is 2.31. The van der Waals surface area contributed by atoms with Crippen molar-refractivity contribution in [1.82, 2.24) is 4.98 Å². The lowest BCUT2D eigenvalue weighted by Gasteiger charge is -2.12. The van der Waals surface area contributed by atoms with Gasteiger partial charge >= 0.3 is 6.18 Å². The van der Waals surface area contributed by atoms with E-state index in [0.29, 0.717) is 12.1 Å². The third-order valence-electron chi connectivity index (χ3n) is 2.89. The van der Waals surface area contributed by atoms with Crippen LogP contribution in [0, 0.1) is 5.82 Å². The Bertz CT molecular complexity index is 747. The maximum absolute atomic E-state index is 13.2. The maximum Gasteiger partial charge on any atom is 0.419 e. The van der Waals surface area contributed by atoms with Gasteiger partial charge in [0.1, 0.15) is 5.82 Å². The number of nitrogen functional groups attached to an aromatic ring is 1. The van der Waals surface area contributed by atoms with Crippen LogP contribution < -0.4 is 15.8 Å². The van der Waals surface area contributed by atoms with Crippen LogP contribution in [0.25, 0.3) is 0 Å². The summed E-state index contributed by atoms with van der Waals surface area (Å²) in [6.07, 6.45) is -3.69. The van der Waals surface area contributed by atoms with Crippen LogP contribution in [0.5, 0.6) is 5.88 Å². The molecule has 2 rings (SSSR count). The molecule has 0 atom stereocenters. The first-order valence-electron chi connectivity index (χ1n) is 6.20. The first kappa shape index (κ1) is 16.5. The molecule has 1 aromatic heterocycles. The average molecular weight is 329 g/mol. The van der Waals surface area contributed by atoms with Gasteiger partial charge in [0.2, 0.25) is 5.88 Å². The van der Waals surface area contributed by atoms with Crippen molar-refractivity contribution in [2.45, 2.75) is 6.18 Å². The number of nitrogens with zero attached hydrogens (tertiary/aromatic N) is 1. The number of hydrogen-bond donors (Lipinski definition) is 2. The average Bonchev–Trinajstić information content (AvgIpc) is 2.48. The summed E-state index contributed by atoms with van der Waals surface area (Å²) in [5.41, 5.74) is 3.89. The van der Waals surface area contributed by atoms with Gasteiger partial charge in [0.15, 0.2) is 0 Å². The summed E-state index contributed by atoms with van der Waals surface area (Å²) in [5, 5.41) is 2.22. The Morgan fingerprint density at radius 3 is 2.61 bits per heavy atom. The van der Waals surface area contributed by atoms with Crippen LogP contribution in [0.4, 0.5) is 28.9 Å². The largest absolute Gasteiger partial charge is 0.481 e. The van der Waals surface area contributed by atoms with Crippen molar-refractivity contribution in [1.29, 1.82) is 0 Å². The summed E-state index contributed by atoms with van der Waals surface area (Å²) in [5.74, 6) is -2.09. The predicted molar refractivity (Wildman–Crippen MR) is 74.6 cm³/mol. The van der Waals surface area contributed by atoms with Crippen molar-refractivity contribution in [2.75, 3.05) is 18.2 Å². The summed E-state index contributed by atoms with van der Waals surface area (Å²) in [7, 11) is 1.33. The summed E-state index contributed by atoms with van der Waals surface area (Å²) in [4.78, 5) is 15.9. The lowest BCUT2D eigenvalue weighted by Crippen LogP contribution is -2.16. The minimum Gasteiger partial charge on any atom is -0.481 e. The molecule has 1 amide bonds. The molecule has 0 aliphatic heterocycles. The smallest absolute Gasteiger partial charge is 0.419 e. The first-order chi connectivity index (χ1) is 10.7. The zero-order valence-corrected chi connectivity index (χ0v) is 11.7. The molecular weight excluding hydrogens is 318 g/mol. The number of hydrogen-bond acceptors (Lipinski definition) is 4. The van der Waals surface area contributed by atoms with Crippen molar-refractivity contribution in [3.63, 3.8) is 0 Å². The molecule has 0 saturated heterocycles. The molecule has 3 N–H and O–H groups in total. The normalized spacial score (nSPS) is 11.2. The van der Waals surface area contributed by atoms with Crippen LogP contribution >= 0.6 is 0 Å². The van der Waals surface area contributed by atoms with Crippen molar-refractivity contribution in [2.24, 2.45) is 0 Å². The van der Waals surface area contributed by atoms with Crippen molar-refractivity contribution >= 4 is 17.3 Å². The highest BCUT2D eigenvalue weighted by atomic mass is 19.4. The number of benzene rings is 1. The molecule has 23 heavy (non-hydrogen) atoms. The predicted octanol–water partition coefficient (Wildman–Crippen LogP) is 3.08. The van der Waals surface area contributed by atoms with Gasteiger partial charge in [-0.1, -0.05) is 0 Å². The van der Waals surface area contributed by atoms with E-state index in [-0.39, 0.29) is 22.8 Å².